The van der Waals surface area contributed by atoms with Crippen molar-refractivity contribution < 1.29 is 9.53 Å². The van der Waals surface area contributed by atoms with Crippen LogP contribution in [0.4, 0.5) is 0 Å². The number of hydrogen-bond acceptors (Lipinski definition) is 4. The van der Waals surface area contributed by atoms with Crippen molar-refractivity contribution in [2.24, 2.45) is 5.73 Å². The van der Waals surface area contributed by atoms with Crippen LogP contribution in [0.25, 0.3) is 0 Å². The highest BCUT2D eigenvalue weighted by Crippen LogP contribution is 2.29. The first kappa shape index (κ1) is 14.0. The second kappa shape index (κ2) is 6.68. The van der Waals surface area contributed by atoms with Gasteiger partial charge in [0.05, 0.1) is 18.4 Å². The topological polar surface area (TPSA) is 82.2 Å². The van der Waals surface area contributed by atoms with Gasteiger partial charge in [-0.05, 0) is 25.7 Å². The van der Waals surface area contributed by atoms with E-state index in [9.17, 15) is 4.79 Å². The molecule has 1 heterocycles. The van der Waals surface area contributed by atoms with Crippen LogP contribution >= 0.6 is 0 Å². The van der Waals surface area contributed by atoms with Gasteiger partial charge in [0.25, 0.3) is 0 Å². The first-order valence-electron chi connectivity index (χ1n) is 6.74. The zero-order valence-electron chi connectivity index (χ0n) is 11.3. The smallest absolute Gasteiger partial charge is 0.237 e. The minimum absolute atomic E-state index is 0.0888. The van der Waals surface area contributed by atoms with Crippen molar-refractivity contribution in [1.29, 1.82) is 0 Å². The normalized spacial score (nSPS) is 24.3. The summed E-state index contributed by atoms with van der Waals surface area (Å²) in [7, 11) is 1.61. The van der Waals surface area contributed by atoms with Crippen LogP contribution in [-0.4, -0.2) is 41.3 Å². The van der Waals surface area contributed by atoms with Crippen LogP contribution in [0.2, 0.25) is 0 Å². The molecule has 0 spiro atoms. The highest BCUT2D eigenvalue weighted by Gasteiger charge is 2.30. The van der Waals surface area contributed by atoms with Crippen molar-refractivity contribution in [2.45, 2.75) is 43.8 Å². The third-order valence-corrected chi connectivity index (χ3v) is 3.68. The quantitative estimate of drug-likeness (QED) is 0.783. The molecule has 0 aliphatic heterocycles. The molecule has 6 nitrogen and oxygen atoms in total. The van der Waals surface area contributed by atoms with E-state index in [1.165, 1.54) is 0 Å². The summed E-state index contributed by atoms with van der Waals surface area (Å²) in [6, 6.07) is -0.0552. The Morgan fingerprint density at radius 3 is 3.16 bits per heavy atom. The van der Waals surface area contributed by atoms with Gasteiger partial charge in [-0.2, -0.15) is 0 Å². The number of nitrogens with two attached hydrogens (primary N) is 1. The van der Waals surface area contributed by atoms with Crippen molar-refractivity contribution in [1.82, 2.24) is 14.9 Å². The molecule has 2 rings (SSSR count). The van der Waals surface area contributed by atoms with Gasteiger partial charge in [0.2, 0.25) is 5.91 Å². The van der Waals surface area contributed by atoms with Gasteiger partial charge in [-0.1, -0.05) is 0 Å². The Balaban J connectivity index is 1.89. The van der Waals surface area contributed by atoms with Crippen LogP contribution < -0.4 is 11.1 Å². The van der Waals surface area contributed by atoms with Gasteiger partial charge >= 0.3 is 0 Å². The number of imidazole rings is 1. The number of rotatable bonds is 6. The first-order chi connectivity index (χ1) is 9.22. The molecular weight excluding hydrogens is 244 g/mol. The van der Waals surface area contributed by atoms with E-state index in [2.05, 4.69) is 14.9 Å². The molecule has 3 N–H and O–H groups in total. The summed E-state index contributed by atoms with van der Waals surface area (Å²) in [5.41, 5.74) is 5.83. The van der Waals surface area contributed by atoms with Crippen molar-refractivity contribution in [3.63, 3.8) is 0 Å². The first-order valence-corrected chi connectivity index (χ1v) is 6.74. The molecule has 1 amide bonds. The molecule has 0 radical (unpaired) electrons. The molecule has 1 aliphatic carbocycles. The Hall–Kier alpha value is -1.40. The van der Waals surface area contributed by atoms with E-state index in [-0.39, 0.29) is 11.9 Å². The Morgan fingerprint density at radius 1 is 1.63 bits per heavy atom. The number of carbonyl (C=O) groups excluding carboxylic acids is 1. The second-order valence-corrected chi connectivity index (χ2v) is 5.01. The lowest BCUT2D eigenvalue weighted by Gasteiger charge is -2.23. The maximum absolute atomic E-state index is 12.0. The largest absolute Gasteiger partial charge is 0.385 e. The van der Waals surface area contributed by atoms with Crippen molar-refractivity contribution >= 4 is 5.91 Å². The van der Waals surface area contributed by atoms with Gasteiger partial charge in [-0.3, -0.25) is 4.79 Å². The molecule has 19 heavy (non-hydrogen) atoms. The molecule has 0 aromatic carbocycles. The van der Waals surface area contributed by atoms with Gasteiger partial charge in [0.1, 0.15) is 0 Å². The highest BCUT2D eigenvalue weighted by molar-refractivity contribution is 5.81. The predicted octanol–water partition coefficient (Wildman–Crippen LogP) is 0.457. The highest BCUT2D eigenvalue weighted by atomic mass is 16.5. The molecule has 1 aliphatic rings. The van der Waals surface area contributed by atoms with Crippen molar-refractivity contribution in [3.8, 4) is 0 Å². The fourth-order valence-electron chi connectivity index (χ4n) is 2.60. The number of nitrogens with one attached hydrogen (secondary N) is 1. The van der Waals surface area contributed by atoms with E-state index >= 15 is 0 Å². The summed E-state index contributed by atoms with van der Waals surface area (Å²) in [4.78, 5) is 16.1. The van der Waals surface area contributed by atoms with E-state index in [0.717, 1.165) is 19.3 Å². The third kappa shape index (κ3) is 3.54. The number of ether oxygens (including phenoxy) is 1. The summed E-state index contributed by atoms with van der Waals surface area (Å²) < 4.78 is 7.01. The maximum Gasteiger partial charge on any atom is 0.237 e. The van der Waals surface area contributed by atoms with Crippen LogP contribution in [0, 0.1) is 0 Å². The van der Waals surface area contributed by atoms with E-state index < -0.39 is 6.04 Å². The number of hydrogen-bond donors (Lipinski definition) is 2. The van der Waals surface area contributed by atoms with Gasteiger partial charge in [0.15, 0.2) is 0 Å². The standard InChI is InChI=1S/C13H22N4O2/c1-19-8-5-10(14)13(18)16-11-3-2-4-12(11)17-7-6-15-9-17/h6-7,9-12H,2-5,8,14H2,1H3,(H,16,18). The number of aromatic nitrogens is 2. The fourth-order valence-corrected chi connectivity index (χ4v) is 2.60. The van der Waals surface area contributed by atoms with Crippen molar-refractivity contribution in [3.05, 3.63) is 18.7 Å². The lowest BCUT2D eigenvalue weighted by molar-refractivity contribution is -0.123. The van der Waals surface area contributed by atoms with Gasteiger partial charge in [-0.15, -0.1) is 0 Å². The lowest BCUT2D eigenvalue weighted by Crippen LogP contribution is -2.47. The minimum Gasteiger partial charge on any atom is -0.385 e. The van der Waals surface area contributed by atoms with Crippen LogP contribution in [-0.2, 0) is 9.53 Å². The Bertz CT molecular complexity index is 393. The third-order valence-electron chi connectivity index (χ3n) is 3.68. The van der Waals surface area contributed by atoms with E-state index in [4.69, 9.17) is 10.5 Å². The predicted molar refractivity (Wildman–Crippen MR) is 71.5 cm³/mol. The lowest BCUT2D eigenvalue weighted by atomic mass is 10.1. The number of methoxy groups -OCH3 is 1. The average molecular weight is 266 g/mol. The average Bonchev–Trinajstić information content (AvgIpc) is 3.05. The Kier molecular flexibility index (Phi) is 4.93. The molecule has 106 valence electrons. The van der Waals surface area contributed by atoms with Gasteiger partial charge < -0.3 is 20.4 Å². The van der Waals surface area contributed by atoms with Crippen LogP contribution in [0.5, 0.6) is 0 Å². The van der Waals surface area contributed by atoms with Gasteiger partial charge in [0, 0.05) is 32.2 Å². The number of amides is 1. The molecule has 1 saturated carbocycles. The summed E-state index contributed by atoms with van der Waals surface area (Å²) >= 11 is 0. The molecule has 6 heteroatoms. The number of carbonyl (C=O) groups is 1. The van der Waals surface area contributed by atoms with Crippen molar-refractivity contribution in [2.75, 3.05) is 13.7 Å². The summed E-state index contributed by atoms with van der Waals surface area (Å²) in [5, 5.41) is 3.06. The molecule has 3 unspecified atom stereocenters. The molecule has 3 atom stereocenters. The SMILES string of the molecule is COCCC(N)C(=O)NC1CCCC1n1ccnc1. The molecule has 0 bridgehead atoms. The summed E-state index contributed by atoms with van der Waals surface area (Å²) in [6.07, 6.45) is 9.23. The zero-order valence-corrected chi connectivity index (χ0v) is 11.3. The Morgan fingerprint density at radius 2 is 2.47 bits per heavy atom. The monoisotopic (exact) mass is 266 g/mol. The zero-order chi connectivity index (χ0) is 13.7. The summed E-state index contributed by atoms with van der Waals surface area (Å²) in [5.74, 6) is -0.0888. The molecule has 1 aromatic rings. The molecule has 0 saturated heterocycles. The maximum atomic E-state index is 12.0. The fraction of sp³-hybridized carbons (Fsp3) is 0.692. The molecular formula is C13H22N4O2. The molecule has 1 fully saturated rings. The second-order valence-electron chi connectivity index (χ2n) is 5.01. The summed E-state index contributed by atoms with van der Waals surface area (Å²) in [6.45, 7) is 0.504. The van der Waals surface area contributed by atoms with Gasteiger partial charge in [-0.25, -0.2) is 4.98 Å². The minimum atomic E-state index is -0.496. The van der Waals surface area contributed by atoms with E-state index in [1.54, 1.807) is 19.6 Å². The van der Waals surface area contributed by atoms with E-state index in [1.807, 2.05) is 6.20 Å². The van der Waals surface area contributed by atoms with Crippen LogP contribution in [0.3, 0.4) is 0 Å². The number of nitrogens with zero attached hydrogens (tertiary/aromatic N) is 2. The van der Waals surface area contributed by atoms with E-state index in [0.29, 0.717) is 19.1 Å². The molecule has 1 aromatic heterocycles. The van der Waals surface area contributed by atoms with Crippen LogP contribution in [0.1, 0.15) is 31.7 Å². The van der Waals surface area contributed by atoms with Crippen LogP contribution in [0.15, 0.2) is 18.7 Å². The Labute approximate surface area is 113 Å².